The average molecular weight is 478 g/mol. The number of rotatable bonds is 6. The number of hydrogen-bond donors (Lipinski definition) is 0. The summed E-state index contributed by atoms with van der Waals surface area (Å²) in [7, 11) is 0. The molecule has 2 aromatic carbocycles. The SMILES string of the molecule is CCOc1cc(C#N)cc(Br)c1OC(=O)Cc1csc(-c2ccccc2Cl)n1. The Bertz CT molecular complexity index is 1060. The molecule has 0 aliphatic carbocycles. The third-order valence-electron chi connectivity index (χ3n) is 3.64. The highest BCUT2D eigenvalue weighted by Gasteiger charge is 2.18. The molecular weight excluding hydrogens is 464 g/mol. The molecule has 0 amide bonds. The van der Waals surface area contributed by atoms with Gasteiger partial charge < -0.3 is 9.47 Å². The van der Waals surface area contributed by atoms with Crippen molar-refractivity contribution in [1.82, 2.24) is 4.98 Å². The quantitative estimate of drug-likeness (QED) is 0.339. The summed E-state index contributed by atoms with van der Waals surface area (Å²) in [5.74, 6) is 0.0894. The summed E-state index contributed by atoms with van der Waals surface area (Å²) >= 11 is 10.9. The molecule has 5 nitrogen and oxygen atoms in total. The van der Waals surface area contributed by atoms with Gasteiger partial charge >= 0.3 is 5.97 Å². The summed E-state index contributed by atoms with van der Waals surface area (Å²) in [6.07, 6.45) is -0.00103. The van der Waals surface area contributed by atoms with Crippen LogP contribution in [0.1, 0.15) is 18.2 Å². The Labute approximate surface area is 179 Å². The van der Waals surface area contributed by atoms with Crippen molar-refractivity contribution in [2.75, 3.05) is 6.61 Å². The Morgan fingerprint density at radius 1 is 1.36 bits per heavy atom. The van der Waals surface area contributed by atoms with Crippen molar-refractivity contribution in [2.45, 2.75) is 13.3 Å². The Kier molecular flexibility index (Phi) is 6.68. The fraction of sp³-hybridized carbons (Fsp3) is 0.150. The highest BCUT2D eigenvalue weighted by atomic mass is 79.9. The fourth-order valence-electron chi connectivity index (χ4n) is 2.44. The highest BCUT2D eigenvalue weighted by Crippen LogP contribution is 2.37. The van der Waals surface area contributed by atoms with Crippen LogP contribution in [0.25, 0.3) is 10.6 Å². The van der Waals surface area contributed by atoms with Crippen molar-refractivity contribution in [1.29, 1.82) is 5.26 Å². The van der Waals surface area contributed by atoms with Gasteiger partial charge in [-0.15, -0.1) is 11.3 Å². The second-order valence-corrected chi connectivity index (χ2v) is 7.72. The van der Waals surface area contributed by atoms with E-state index in [9.17, 15) is 4.79 Å². The van der Waals surface area contributed by atoms with Crippen molar-refractivity contribution in [3.8, 4) is 28.1 Å². The molecule has 0 aliphatic heterocycles. The lowest BCUT2D eigenvalue weighted by Crippen LogP contribution is -2.13. The lowest BCUT2D eigenvalue weighted by molar-refractivity contribution is -0.133. The Hall–Kier alpha value is -2.40. The zero-order chi connectivity index (χ0) is 20.1. The van der Waals surface area contributed by atoms with E-state index in [0.717, 1.165) is 10.6 Å². The zero-order valence-corrected chi connectivity index (χ0v) is 17.9. The fourth-order valence-corrected chi connectivity index (χ4v) is 4.10. The van der Waals surface area contributed by atoms with Crippen LogP contribution in [0.4, 0.5) is 0 Å². The lowest BCUT2D eigenvalue weighted by Gasteiger charge is -2.12. The molecule has 3 aromatic rings. The molecule has 0 aliphatic rings. The maximum absolute atomic E-state index is 12.4. The molecular formula is C20H14BrClN2O3S. The minimum atomic E-state index is -0.484. The summed E-state index contributed by atoms with van der Waals surface area (Å²) in [6.45, 7) is 2.18. The van der Waals surface area contributed by atoms with Crippen LogP contribution in [0, 0.1) is 11.3 Å². The molecule has 8 heteroatoms. The predicted molar refractivity (Wildman–Crippen MR) is 112 cm³/mol. The molecule has 142 valence electrons. The van der Waals surface area contributed by atoms with Gasteiger partial charge in [-0.2, -0.15) is 5.26 Å². The van der Waals surface area contributed by atoms with E-state index >= 15 is 0 Å². The van der Waals surface area contributed by atoms with Gasteiger partial charge in [0.25, 0.3) is 0 Å². The molecule has 1 heterocycles. The minimum absolute atomic E-state index is 0.00103. The number of carbonyl (C=O) groups is 1. The molecule has 0 saturated carbocycles. The zero-order valence-electron chi connectivity index (χ0n) is 14.7. The molecule has 0 atom stereocenters. The third kappa shape index (κ3) is 4.71. The van der Waals surface area contributed by atoms with Gasteiger partial charge in [0, 0.05) is 17.0 Å². The van der Waals surface area contributed by atoms with Gasteiger partial charge in [0.2, 0.25) is 0 Å². The Balaban J connectivity index is 1.77. The molecule has 0 radical (unpaired) electrons. The number of hydrogen-bond acceptors (Lipinski definition) is 6. The van der Waals surface area contributed by atoms with E-state index in [1.54, 1.807) is 17.5 Å². The second-order valence-electron chi connectivity index (χ2n) is 5.60. The van der Waals surface area contributed by atoms with Crippen LogP contribution >= 0.6 is 38.9 Å². The van der Waals surface area contributed by atoms with Gasteiger partial charge in [0.05, 0.1) is 39.8 Å². The van der Waals surface area contributed by atoms with Crippen molar-refractivity contribution < 1.29 is 14.3 Å². The van der Waals surface area contributed by atoms with Crippen LogP contribution in [0.5, 0.6) is 11.5 Å². The van der Waals surface area contributed by atoms with E-state index in [2.05, 4.69) is 20.9 Å². The number of nitriles is 1. The first-order valence-corrected chi connectivity index (χ1v) is 10.3. The first-order valence-electron chi connectivity index (χ1n) is 8.28. The number of nitrogens with zero attached hydrogens (tertiary/aromatic N) is 2. The molecule has 3 rings (SSSR count). The third-order valence-corrected chi connectivity index (χ3v) is 5.48. The van der Waals surface area contributed by atoms with E-state index in [1.165, 1.54) is 17.4 Å². The molecule has 0 spiro atoms. The van der Waals surface area contributed by atoms with Crippen LogP contribution in [0.15, 0.2) is 46.3 Å². The number of ether oxygens (including phenoxy) is 2. The van der Waals surface area contributed by atoms with Crippen molar-refractivity contribution in [3.63, 3.8) is 0 Å². The van der Waals surface area contributed by atoms with Gasteiger partial charge in [-0.05, 0) is 35.0 Å². The summed E-state index contributed by atoms with van der Waals surface area (Å²) < 4.78 is 11.5. The monoisotopic (exact) mass is 476 g/mol. The standard InChI is InChI=1S/C20H14BrClN2O3S/c1-2-26-17-8-12(10-23)7-15(21)19(17)27-18(25)9-13-11-28-20(24-13)14-5-3-4-6-16(14)22/h3-8,11H,2,9H2,1H3. The summed E-state index contributed by atoms with van der Waals surface area (Å²) in [6, 6.07) is 12.6. The molecule has 0 N–H and O–H groups in total. The van der Waals surface area contributed by atoms with Crippen molar-refractivity contribution >= 4 is 44.8 Å². The van der Waals surface area contributed by atoms with Gasteiger partial charge in [0.15, 0.2) is 11.5 Å². The normalized spacial score (nSPS) is 10.4. The second kappa shape index (κ2) is 9.20. The number of benzene rings is 2. The van der Waals surface area contributed by atoms with Crippen LogP contribution in [-0.2, 0) is 11.2 Å². The first-order chi connectivity index (χ1) is 13.5. The molecule has 0 fully saturated rings. The maximum atomic E-state index is 12.4. The van der Waals surface area contributed by atoms with Crippen molar-refractivity contribution in [2.24, 2.45) is 0 Å². The largest absolute Gasteiger partial charge is 0.490 e. The highest BCUT2D eigenvalue weighted by molar-refractivity contribution is 9.10. The maximum Gasteiger partial charge on any atom is 0.317 e. The van der Waals surface area contributed by atoms with E-state index in [1.807, 2.05) is 31.2 Å². The van der Waals surface area contributed by atoms with Crippen LogP contribution in [0.3, 0.4) is 0 Å². The minimum Gasteiger partial charge on any atom is -0.490 e. The van der Waals surface area contributed by atoms with Gasteiger partial charge in [-0.3, -0.25) is 4.79 Å². The number of aromatic nitrogens is 1. The van der Waals surface area contributed by atoms with E-state index < -0.39 is 5.97 Å². The smallest absolute Gasteiger partial charge is 0.317 e. The molecule has 1 aromatic heterocycles. The predicted octanol–water partition coefficient (Wildman–Crippen LogP) is 5.64. The number of halogens is 2. The summed E-state index contributed by atoms with van der Waals surface area (Å²) in [5.41, 5.74) is 1.81. The van der Waals surface area contributed by atoms with E-state index in [0.29, 0.717) is 33.1 Å². The van der Waals surface area contributed by atoms with Crippen LogP contribution in [0.2, 0.25) is 5.02 Å². The topological polar surface area (TPSA) is 72.2 Å². The molecule has 28 heavy (non-hydrogen) atoms. The van der Waals surface area contributed by atoms with Crippen LogP contribution < -0.4 is 9.47 Å². The van der Waals surface area contributed by atoms with Gasteiger partial charge in [0.1, 0.15) is 5.01 Å². The molecule has 0 unspecified atom stereocenters. The van der Waals surface area contributed by atoms with E-state index in [4.69, 9.17) is 26.3 Å². The van der Waals surface area contributed by atoms with E-state index in [-0.39, 0.29) is 12.2 Å². The van der Waals surface area contributed by atoms with Gasteiger partial charge in [-0.1, -0.05) is 29.8 Å². The Morgan fingerprint density at radius 3 is 2.86 bits per heavy atom. The first kappa shape index (κ1) is 20.3. The van der Waals surface area contributed by atoms with Crippen molar-refractivity contribution in [3.05, 3.63) is 62.5 Å². The van der Waals surface area contributed by atoms with Gasteiger partial charge in [-0.25, -0.2) is 4.98 Å². The summed E-state index contributed by atoms with van der Waals surface area (Å²) in [5, 5.41) is 12.2. The molecule has 0 bridgehead atoms. The number of esters is 1. The number of carbonyl (C=O) groups excluding carboxylic acids is 1. The number of thiazole rings is 1. The van der Waals surface area contributed by atoms with Crippen LogP contribution in [-0.4, -0.2) is 17.6 Å². The average Bonchev–Trinajstić information content (AvgIpc) is 3.12. The molecule has 0 saturated heterocycles. The summed E-state index contributed by atoms with van der Waals surface area (Å²) in [4.78, 5) is 16.9. The lowest BCUT2D eigenvalue weighted by atomic mass is 10.2. The Morgan fingerprint density at radius 2 is 2.14 bits per heavy atom.